The summed E-state index contributed by atoms with van der Waals surface area (Å²) in [6.45, 7) is 4.78. The zero-order valence-corrected chi connectivity index (χ0v) is 15.1. The zero-order valence-electron chi connectivity index (χ0n) is 15.1. The summed E-state index contributed by atoms with van der Waals surface area (Å²) in [6, 6.07) is 7.40. The molecule has 4 heterocycles. The third-order valence-corrected chi connectivity index (χ3v) is 4.59. The zero-order chi connectivity index (χ0) is 18.6. The van der Waals surface area contributed by atoms with Crippen molar-refractivity contribution < 1.29 is 9.32 Å². The van der Waals surface area contributed by atoms with E-state index in [1.54, 1.807) is 30.7 Å². The molecule has 1 saturated heterocycles. The predicted molar refractivity (Wildman–Crippen MR) is 99.3 cm³/mol. The lowest BCUT2D eigenvalue weighted by Gasteiger charge is -2.35. The van der Waals surface area contributed by atoms with Crippen molar-refractivity contribution in [1.82, 2.24) is 25.0 Å². The number of piperazine rings is 1. The number of hydrogen-bond donors (Lipinski definition) is 0. The number of hydrogen-bond acceptors (Lipinski definition) is 7. The van der Waals surface area contributed by atoms with Gasteiger partial charge in [0, 0.05) is 62.3 Å². The Morgan fingerprint density at radius 3 is 2.52 bits per heavy atom. The molecule has 4 rings (SSSR count). The average molecular weight is 364 g/mol. The van der Waals surface area contributed by atoms with Crippen LogP contribution >= 0.6 is 0 Å². The lowest BCUT2D eigenvalue weighted by molar-refractivity contribution is 0.0746. The number of carbonyl (C=O) groups is 1. The maximum Gasteiger partial charge on any atom is 0.254 e. The molecular weight excluding hydrogens is 344 g/mol. The molecule has 1 aliphatic heterocycles. The molecule has 1 aliphatic rings. The maximum atomic E-state index is 12.5. The van der Waals surface area contributed by atoms with Crippen LogP contribution in [0.4, 0.5) is 5.82 Å². The quantitative estimate of drug-likeness (QED) is 0.700. The van der Waals surface area contributed by atoms with E-state index in [9.17, 15) is 4.79 Å². The molecule has 0 aliphatic carbocycles. The smallest absolute Gasteiger partial charge is 0.254 e. The van der Waals surface area contributed by atoms with Gasteiger partial charge < -0.3 is 14.3 Å². The lowest BCUT2D eigenvalue weighted by atomic mass is 10.2. The second-order valence-corrected chi connectivity index (χ2v) is 6.29. The van der Waals surface area contributed by atoms with Gasteiger partial charge in [-0.05, 0) is 24.3 Å². The molecule has 27 heavy (non-hydrogen) atoms. The summed E-state index contributed by atoms with van der Waals surface area (Å²) < 4.78 is 5.14. The summed E-state index contributed by atoms with van der Waals surface area (Å²) in [5.74, 6) is 2.10. The molecule has 3 aromatic rings. The number of aromatic nitrogens is 4. The highest BCUT2D eigenvalue weighted by atomic mass is 16.5. The van der Waals surface area contributed by atoms with Crippen LogP contribution in [-0.4, -0.2) is 57.1 Å². The molecule has 1 amide bonds. The van der Waals surface area contributed by atoms with Crippen molar-refractivity contribution in [2.75, 3.05) is 31.1 Å². The predicted octanol–water partition coefficient (Wildman–Crippen LogP) is 2.05. The standard InChI is InChI=1S/C19H20N6O2/c1-2-17-22-18(23-27-17)15-3-4-16(21-13-15)24-9-11-25(12-10-24)19(26)14-5-7-20-8-6-14/h3-8,13H,2,9-12H2,1H3. The van der Waals surface area contributed by atoms with Crippen LogP contribution in [0.5, 0.6) is 0 Å². The fourth-order valence-corrected chi connectivity index (χ4v) is 3.04. The molecule has 8 nitrogen and oxygen atoms in total. The van der Waals surface area contributed by atoms with Gasteiger partial charge in [-0.2, -0.15) is 4.98 Å². The molecule has 0 aromatic carbocycles. The third-order valence-electron chi connectivity index (χ3n) is 4.59. The van der Waals surface area contributed by atoms with E-state index in [0.717, 1.165) is 24.5 Å². The largest absolute Gasteiger partial charge is 0.353 e. The topological polar surface area (TPSA) is 88.3 Å². The molecule has 0 atom stereocenters. The first-order chi connectivity index (χ1) is 13.2. The summed E-state index contributed by atoms with van der Waals surface area (Å²) in [6.07, 6.45) is 5.75. The van der Waals surface area contributed by atoms with Gasteiger partial charge in [0.05, 0.1) is 0 Å². The summed E-state index contributed by atoms with van der Waals surface area (Å²) in [7, 11) is 0. The van der Waals surface area contributed by atoms with Gasteiger partial charge in [-0.25, -0.2) is 4.98 Å². The van der Waals surface area contributed by atoms with E-state index in [4.69, 9.17) is 4.52 Å². The first-order valence-corrected chi connectivity index (χ1v) is 8.98. The molecule has 1 fully saturated rings. The van der Waals surface area contributed by atoms with Crippen LogP contribution in [0.2, 0.25) is 0 Å². The summed E-state index contributed by atoms with van der Waals surface area (Å²) in [5, 5.41) is 3.97. The Morgan fingerprint density at radius 2 is 1.89 bits per heavy atom. The number of anilines is 1. The van der Waals surface area contributed by atoms with Gasteiger partial charge in [-0.1, -0.05) is 12.1 Å². The average Bonchev–Trinajstić information content (AvgIpc) is 3.23. The van der Waals surface area contributed by atoms with Crippen molar-refractivity contribution in [3.8, 4) is 11.4 Å². The monoisotopic (exact) mass is 364 g/mol. The van der Waals surface area contributed by atoms with Crippen molar-refractivity contribution >= 4 is 11.7 Å². The normalized spacial score (nSPS) is 14.4. The first-order valence-electron chi connectivity index (χ1n) is 8.98. The molecule has 8 heteroatoms. The lowest BCUT2D eigenvalue weighted by Crippen LogP contribution is -2.49. The first kappa shape index (κ1) is 17.1. The van der Waals surface area contributed by atoms with Crippen LogP contribution in [-0.2, 0) is 6.42 Å². The minimum absolute atomic E-state index is 0.0455. The Hall–Kier alpha value is -3.29. The van der Waals surface area contributed by atoms with Crippen LogP contribution < -0.4 is 4.90 Å². The number of rotatable bonds is 4. The number of pyridine rings is 2. The molecule has 0 saturated carbocycles. The Kier molecular flexibility index (Phi) is 4.78. The molecule has 0 unspecified atom stereocenters. The highest BCUT2D eigenvalue weighted by molar-refractivity contribution is 5.94. The van der Waals surface area contributed by atoms with Crippen LogP contribution in [0, 0.1) is 0 Å². The van der Waals surface area contributed by atoms with Crippen LogP contribution in [0.25, 0.3) is 11.4 Å². The van der Waals surface area contributed by atoms with Gasteiger partial charge in [0.1, 0.15) is 5.82 Å². The number of amides is 1. The Morgan fingerprint density at radius 1 is 1.11 bits per heavy atom. The molecular formula is C19H20N6O2. The van der Waals surface area contributed by atoms with Crippen LogP contribution in [0.3, 0.4) is 0 Å². The van der Waals surface area contributed by atoms with Gasteiger partial charge in [0.2, 0.25) is 11.7 Å². The van der Waals surface area contributed by atoms with Crippen molar-refractivity contribution in [2.24, 2.45) is 0 Å². The van der Waals surface area contributed by atoms with Gasteiger partial charge in [0.15, 0.2) is 0 Å². The number of aryl methyl sites for hydroxylation is 1. The van der Waals surface area contributed by atoms with Crippen molar-refractivity contribution in [3.63, 3.8) is 0 Å². The van der Waals surface area contributed by atoms with Gasteiger partial charge in [0.25, 0.3) is 5.91 Å². The van der Waals surface area contributed by atoms with E-state index >= 15 is 0 Å². The van der Waals surface area contributed by atoms with E-state index < -0.39 is 0 Å². The summed E-state index contributed by atoms with van der Waals surface area (Å²) in [4.78, 5) is 29.4. The van der Waals surface area contributed by atoms with Crippen LogP contribution in [0.15, 0.2) is 47.4 Å². The highest BCUT2D eigenvalue weighted by Crippen LogP contribution is 2.20. The highest BCUT2D eigenvalue weighted by Gasteiger charge is 2.23. The Bertz CT molecular complexity index is 901. The fraction of sp³-hybridized carbons (Fsp3) is 0.316. The molecule has 0 N–H and O–H groups in total. The van der Waals surface area contributed by atoms with E-state index in [1.165, 1.54) is 0 Å². The SMILES string of the molecule is CCc1nc(-c2ccc(N3CCN(C(=O)c4ccncc4)CC3)nc2)no1. The van der Waals surface area contributed by atoms with E-state index in [-0.39, 0.29) is 5.91 Å². The van der Waals surface area contributed by atoms with Gasteiger partial charge >= 0.3 is 0 Å². The molecule has 0 spiro atoms. The summed E-state index contributed by atoms with van der Waals surface area (Å²) in [5.41, 5.74) is 1.50. The van der Waals surface area contributed by atoms with Gasteiger partial charge in [-0.15, -0.1) is 0 Å². The molecule has 3 aromatic heterocycles. The van der Waals surface area contributed by atoms with Crippen molar-refractivity contribution in [3.05, 3.63) is 54.3 Å². The van der Waals surface area contributed by atoms with Gasteiger partial charge in [-0.3, -0.25) is 9.78 Å². The Labute approximate surface area is 156 Å². The number of nitrogens with zero attached hydrogens (tertiary/aromatic N) is 6. The summed E-state index contributed by atoms with van der Waals surface area (Å²) >= 11 is 0. The van der Waals surface area contributed by atoms with E-state index in [1.807, 2.05) is 24.0 Å². The molecule has 0 bridgehead atoms. The maximum absolute atomic E-state index is 12.5. The van der Waals surface area contributed by atoms with Crippen molar-refractivity contribution in [1.29, 1.82) is 0 Å². The Balaban J connectivity index is 1.39. The minimum atomic E-state index is 0.0455. The second kappa shape index (κ2) is 7.53. The van der Waals surface area contributed by atoms with E-state index in [0.29, 0.717) is 36.8 Å². The van der Waals surface area contributed by atoms with E-state index in [2.05, 4.69) is 25.0 Å². The second-order valence-electron chi connectivity index (χ2n) is 6.29. The van der Waals surface area contributed by atoms with Crippen molar-refractivity contribution in [2.45, 2.75) is 13.3 Å². The minimum Gasteiger partial charge on any atom is -0.353 e. The fourth-order valence-electron chi connectivity index (χ4n) is 3.04. The molecule has 138 valence electrons. The third kappa shape index (κ3) is 3.64. The number of carbonyl (C=O) groups excluding carboxylic acids is 1. The molecule has 0 radical (unpaired) electrons. The van der Waals surface area contributed by atoms with Crippen LogP contribution in [0.1, 0.15) is 23.2 Å².